The Morgan fingerprint density at radius 1 is 1.00 bits per heavy atom. The molecule has 0 saturated carbocycles. The second-order valence-corrected chi connectivity index (χ2v) is 9.78. The molecule has 2 atom stereocenters. The van der Waals surface area contributed by atoms with E-state index in [4.69, 9.17) is 5.10 Å². The molecule has 4 rings (SSSR count). The molecule has 1 saturated heterocycles. The number of rotatable bonds is 6. The lowest BCUT2D eigenvalue weighted by Gasteiger charge is -2.36. The minimum absolute atomic E-state index is 0.0136. The van der Waals surface area contributed by atoms with Crippen LogP contribution >= 0.6 is 0 Å². The van der Waals surface area contributed by atoms with Crippen LogP contribution in [0.2, 0.25) is 0 Å². The van der Waals surface area contributed by atoms with E-state index in [1.807, 2.05) is 14.1 Å². The average Bonchev–Trinajstić information content (AvgIpc) is 3.20. The number of nitrogens with zero attached hydrogens (tertiary/aromatic N) is 5. The summed E-state index contributed by atoms with van der Waals surface area (Å²) in [5.41, 5.74) is 6.89. The molecule has 2 aromatic rings. The smallest absolute Gasteiger partial charge is 0.240 e. The Labute approximate surface area is 204 Å². The number of piperidine rings is 1. The number of anilines is 2. The van der Waals surface area contributed by atoms with Crippen molar-refractivity contribution in [2.75, 3.05) is 57.6 Å². The number of amides is 1. The Bertz CT molecular complexity index is 1070. The first kappa shape index (κ1) is 24.0. The Balaban J connectivity index is 1.72. The van der Waals surface area contributed by atoms with E-state index in [0.29, 0.717) is 0 Å². The third kappa shape index (κ3) is 4.87. The number of carbonyl (C=O) groups excluding carboxylic acids is 1. The van der Waals surface area contributed by atoms with Crippen LogP contribution in [0.5, 0.6) is 0 Å². The molecule has 0 aromatic heterocycles. The molecule has 34 heavy (non-hydrogen) atoms. The van der Waals surface area contributed by atoms with Gasteiger partial charge in [0.05, 0.1) is 11.8 Å². The van der Waals surface area contributed by atoms with Gasteiger partial charge in [-0.05, 0) is 60.0 Å². The molecular formula is C28H37N5O. The maximum absolute atomic E-state index is 12.7. The highest BCUT2D eigenvalue weighted by Crippen LogP contribution is 2.41. The highest BCUT2D eigenvalue weighted by molar-refractivity contribution is 6.08. The Hall–Kier alpha value is -3.12. The molecule has 2 heterocycles. The molecule has 0 bridgehead atoms. The highest BCUT2D eigenvalue weighted by atomic mass is 16.2. The predicted octanol–water partition coefficient (Wildman–Crippen LogP) is 4.50. The highest BCUT2D eigenvalue weighted by Gasteiger charge is 2.44. The van der Waals surface area contributed by atoms with Gasteiger partial charge in [0.1, 0.15) is 0 Å². The van der Waals surface area contributed by atoms with E-state index in [1.54, 1.807) is 11.9 Å². The zero-order valence-electron chi connectivity index (χ0n) is 21.3. The molecule has 2 aliphatic heterocycles. The number of fused-ring (bicyclic) bond motifs is 1. The van der Waals surface area contributed by atoms with E-state index >= 15 is 0 Å². The van der Waals surface area contributed by atoms with Gasteiger partial charge in [-0.25, -0.2) is 5.01 Å². The molecule has 2 aromatic carbocycles. The summed E-state index contributed by atoms with van der Waals surface area (Å²) in [5, 5.41) is 6.64. The summed E-state index contributed by atoms with van der Waals surface area (Å²) >= 11 is 0. The fraction of sp³-hybridized carbons (Fsp3) is 0.429. The topological polar surface area (TPSA) is 42.4 Å². The Kier molecular flexibility index (Phi) is 7.08. The number of hydrogen-bond acceptors (Lipinski definition) is 5. The molecule has 2 unspecified atom stereocenters. The van der Waals surface area contributed by atoms with E-state index in [2.05, 4.69) is 90.3 Å². The van der Waals surface area contributed by atoms with Crippen LogP contribution in [0.15, 0.2) is 59.2 Å². The molecule has 0 N–H and O–H groups in total. The van der Waals surface area contributed by atoms with E-state index in [0.717, 1.165) is 48.6 Å². The van der Waals surface area contributed by atoms with Gasteiger partial charge in [0.25, 0.3) is 0 Å². The molecule has 0 spiro atoms. The van der Waals surface area contributed by atoms with Crippen LogP contribution in [0.25, 0.3) is 6.08 Å². The molecule has 6 nitrogen and oxygen atoms in total. The second-order valence-electron chi connectivity index (χ2n) is 9.78. The van der Waals surface area contributed by atoms with Gasteiger partial charge in [-0.2, -0.15) is 5.10 Å². The number of hydrazone groups is 1. The van der Waals surface area contributed by atoms with Gasteiger partial charge in [-0.1, -0.05) is 31.2 Å². The van der Waals surface area contributed by atoms with Crippen molar-refractivity contribution in [2.24, 2.45) is 11.0 Å². The standard InChI is InChI=1S/C28H37N5O/c1-7-16-32-18-23(17-21-8-12-24(13-9-21)30(3)4)27-26(19-32)28(33(29-27)20(2)34)22-10-14-25(15-11-22)31(5)6/h8-15,17,26,28H,7,16,18-19H2,1-6H3. The van der Waals surface area contributed by atoms with Gasteiger partial charge in [-0.3, -0.25) is 9.69 Å². The van der Waals surface area contributed by atoms with Crippen LogP contribution in [0.3, 0.4) is 0 Å². The molecule has 0 radical (unpaired) electrons. The molecular weight excluding hydrogens is 422 g/mol. The van der Waals surface area contributed by atoms with Crippen LogP contribution in [0.1, 0.15) is 37.4 Å². The normalized spacial score (nSPS) is 21.4. The van der Waals surface area contributed by atoms with Crippen molar-refractivity contribution in [3.63, 3.8) is 0 Å². The summed E-state index contributed by atoms with van der Waals surface area (Å²) < 4.78 is 0. The van der Waals surface area contributed by atoms with Crippen molar-refractivity contribution in [3.8, 4) is 0 Å². The Morgan fingerprint density at radius 2 is 1.59 bits per heavy atom. The quantitative estimate of drug-likeness (QED) is 0.638. The zero-order valence-corrected chi connectivity index (χ0v) is 21.3. The summed E-state index contributed by atoms with van der Waals surface area (Å²) in [6, 6.07) is 17.1. The van der Waals surface area contributed by atoms with Gasteiger partial charge < -0.3 is 9.80 Å². The van der Waals surface area contributed by atoms with E-state index in [1.165, 1.54) is 11.3 Å². The van der Waals surface area contributed by atoms with Gasteiger partial charge >= 0.3 is 0 Å². The van der Waals surface area contributed by atoms with Crippen LogP contribution in [0, 0.1) is 5.92 Å². The predicted molar refractivity (Wildman–Crippen MR) is 142 cm³/mol. The minimum atomic E-state index is -0.0807. The lowest BCUT2D eigenvalue weighted by molar-refractivity contribution is -0.131. The van der Waals surface area contributed by atoms with Gasteiger partial charge in [-0.15, -0.1) is 0 Å². The molecule has 1 amide bonds. The molecule has 180 valence electrons. The average molecular weight is 460 g/mol. The molecule has 6 heteroatoms. The molecule has 1 fully saturated rings. The summed E-state index contributed by atoms with van der Waals surface area (Å²) in [6.45, 7) is 6.65. The fourth-order valence-electron chi connectivity index (χ4n) is 5.01. The maximum Gasteiger partial charge on any atom is 0.240 e. The first-order chi connectivity index (χ1) is 16.3. The monoisotopic (exact) mass is 459 g/mol. The third-order valence-electron chi connectivity index (χ3n) is 6.75. The van der Waals surface area contributed by atoms with Crippen LogP contribution in [0.4, 0.5) is 11.4 Å². The lowest BCUT2D eigenvalue weighted by Crippen LogP contribution is -2.44. The number of hydrogen-bond donors (Lipinski definition) is 0. The first-order valence-electron chi connectivity index (χ1n) is 12.1. The van der Waals surface area contributed by atoms with Crippen LogP contribution in [-0.4, -0.2) is 69.4 Å². The van der Waals surface area contributed by atoms with Crippen molar-refractivity contribution in [3.05, 3.63) is 65.2 Å². The van der Waals surface area contributed by atoms with Crippen molar-refractivity contribution >= 4 is 29.1 Å². The van der Waals surface area contributed by atoms with Gasteiger partial charge in [0.2, 0.25) is 5.91 Å². The van der Waals surface area contributed by atoms with Crippen molar-refractivity contribution < 1.29 is 4.79 Å². The van der Waals surface area contributed by atoms with Crippen LogP contribution in [-0.2, 0) is 4.79 Å². The summed E-state index contributed by atoms with van der Waals surface area (Å²) in [6.07, 6.45) is 3.35. The van der Waals surface area contributed by atoms with Crippen molar-refractivity contribution in [1.29, 1.82) is 0 Å². The number of likely N-dealkylation sites (tertiary alicyclic amines) is 1. The summed E-state index contributed by atoms with van der Waals surface area (Å²) in [4.78, 5) is 19.4. The van der Waals surface area contributed by atoms with E-state index in [-0.39, 0.29) is 17.9 Å². The number of carbonyl (C=O) groups is 1. The molecule has 0 aliphatic carbocycles. The number of benzene rings is 2. The third-order valence-corrected chi connectivity index (χ3v) is 6.75. The van der Waals surface area contributed by atoms with Gasteiger partial charge in [0, 0.05) is 65.5 Å². The molecule has 2 aliphatic rings. The van der Waals surface area contributed by atoms with E-state index < -0.39 is 0 Å². The maximum atomic E-state index is 12.7. The summed E-state index contributed by atoms with van der Waals surface area (Å²) in [5.74, 6) is 0.141. The largest absolute Gasteiger partial charge is 0.378 e. The summed E-state index contributed by atoms with van der Waals surface area (Å²) in [7, 11) is 8.19. The Morgan fingerprint density at radius 3 is 2.12 bits per heavy atom. The van der Waals surface area contributed by atoms with Crippen molar-refractivity contribution in [2.45, 2.75) is 26.3 Å². The lowest BCUT2D eigenvalue weighted by atomic mass is 9.83. The SMILES string of the molecule is CCCN1CC(=Cc2ccc(N(C)C)cc2)C2=NN(C(C)=O)C(c3ccc(N(C)C)cc3)C2C1. The zero-order chi connectivity index (χ0) is 24.4. The fourth-order valence-corrected chi connectivity index (χ4v) is 5.01. The first-order valence-corrected chi connectivity index (χ1v) is 12.1. The van der Waals surface area contributed by atoms with Gasteiger partial charge in [0.15, 0.2) is 0 Å². The second kappa shape index (κ2) is 10.0. The van der Waals surface area contributed by atoms with Crippen LogP contribution < -0.4 is 9.80 Å². The van der Waals surface area contributed by atoms with E-state index in [9.17, 15) is 4.79 Å². The van der Waals surface area contributed by atoms with Crippen molar-refractivity contribution in [1.82, 2.24) is 9.91 Å². The minimum Gasteiger partial charge on any atom is -0.378 e.